The number of morpholine rings is 1. The number of nitrogens with one attached hydrogen (secondary N) is 1. The summed E-state index contributed by atoms with van der Waals surface area (Å²) in [7, 11) is 1.75. The molecule has 5 heteroatoms. The lowest BCUT2D eigenvalue weighted by molar-refractivity contribution is 0.0185. The van der Waals surface area contributed by atoms with Crippen LogP contribution in [0.25, 0.3) is 0 Å². The molecular weight excluding hydrogens is 254 g/mol. The molecule has 0 radical (unpaired) electrons. The zero-order valence-corrected chi connectivity index (χ0v) is 13.0. The second kappa shape index (κ2) is 9.68. The Morgan fingerprint density at radius 2 is 2.00 bits per heavy atom. The third-order valence-corrected chi connectivity index (χ3v) is 4.37. The number of hydrogen-bond acceptors (Lipinski definition) is 5. The molecule has 2 saturated heterocycles. The first-order chi connectivity index (χ1) is 9.90. The molecule has 2 aliphatic rings. The van der Waals surface area contributed by atoms with Crippen LogP contribution in [0.2, 0.25) is 0 Å². The van der Waals surface area contributed by atoms with Crippen molar-refractivity contribution in [2.75, 3.05) is 72.7 Å². The van der Waals surface area contributed by atoms with Crippen LogP contribution in [0.4, 0.5) is 0 Å². The number of nitrogens with zero attached hydrogens (tertiary/aromatic N) is 2. The molecule has 2 heterocycles. The van der Waals surface area contributed by atoms with Gasteiger partial charge in [0.05, 0.1) is 19.8 Å². The maximum absolute atomic E-state index is 5.43. The highest BCUT2D eigenvalue weighted by atomic mass is 16.5. The van der Waals surface area contributed by atoms with E-state index in [4.69, 9.17) is 9.47 Å². The molecule has 2 rings (SSSR count). The van der Waals surface area contributed by atoms with E-state index in [0.29, 0.717) is 0 Å². The van der Waals surface area contributed by atoms with Crippen molar-refractivity contribution < 1.29 is 9.47 Å². The van der Waals surface area contributed by atoms with Crippen LogP contribution in [0.15, 0.2) is 0 Å². The lowest BCUT2D eigenvalue weighted by Crippen LogP contribution is -2.44. The average Bonchev–Trinajstić information content (AvgIpc) is 2.96. The molecule has 2 aliphatic heterocycles. The monoisotopic (exact) mass is 285 g/mol. The number of rotatable bonds is 9. The maximum Gasteiger partial charge on any atom is 0.0594 e. The molecule has 1 unspecified atom stereocenters. The Kier molecular flexibility index (Phi) is 7.83. The van der Waals surface area contributed by atoms with Crippen LogP contribution in [0, 0.1) is 0 Å². The predicted octanol–water partition coefficient (Wildman–Crippen LogP) is 0.409. The second-order valence-corrected chi connectivity index (χ2v) is 5.84. The van der Waals surface area contributed by atoms with Crippen LogP contribution >= 0.6 is 0 Å². The summed E-state index contributed by atoms with van der Waals surface area (Å²) in [4.78, 5) is 5.26. The Morgan fingerprint density at radius 3 is 2.80 bits per heavy atom. The zero-order chi connectivity index (χ0) is 14.0. The van der Waals surface area contributed by atoms with Crippen LogP contribution in [-0.2, 0) is 9.47 Å². The molecule has 0 aliphatic carbocycles. The van der Waals surface area contributed by atoms with Gasteiger partial charge in [0.25, 0.3) is 0 Å². The topological polar surface area (TPSA) is 37.0 Å². The molecule has 1 atom stereocenters. The normalized spacial score (nSPS) is 25.4. The van der Waals surface area contributed by atoms with E-state index in [9.17, 15) is 0 Å². The van der Waals surface area contributed by atoms with Crippen molar-refractivity contribution >= 4 is 0 Å². The SMILES string of the molecule is COCCNCCCCN1CCC(N2CCOCC2)C1. The fraction of sp³-hybridized carbons (Fsp3) is 1.00. The molecule has 118 valence electrons. The molecule has 5 nitrogen and oxygen atoms in total. The van der Waals surface area contributed by atoms with E-state index >= 15 is 0 Å². The van der Waals surface area contributed by atoms with Crippen molar-refractivity contribution in [3.63, 3.8) is 0 Å². The summed E-state index contributed by atoms with van der Waals surface area (Å²) in [5.74, 6) is 0. The maximum atomic E-state index is 5.43. The number of ether oxygens (including phenoxy) is 2. The molecule has 20 heavy (non-hydrogen) atoms. The Morgan fingerprint density at radius 1 is 1.15 bits per heavy atom. The van der Waals surface area contributed by atoms with Crippen molar-refractivity contribution in [1.82, 2.24) is 15.1 Å². The van der Waals surface area contributed by atoms with Crippen molar-refractivity contribution in [1.29, 1.82) is 0 Å². The highest BCUT2D eigenvalue weighted by Crippen LogP contribution is 2.17. The lowest BCUT2D eigenvalue weighted by Gasteiger charge is -2.32. The second-order valence-electron chi connectivity index (χ2n) is 5.84. The van der Waals surface area contributed by atoms with Gasteiger partial charge < -0.3 is 19.7 Å². The molecule has 1 N–H and O–H groups in total. The van der Waals surface area contributed by atoms with Crippen molar-refractivity contribution in [3.05, 3.63) is 0 Å². The van der Waals surface area contributed by atoms with Crippen LogP contribution in [0.5, 0.6) is 0 Å². The summed E-state index contributed by atoms with van der Waals surface area (Å²) in [6.45, 7) is 10.8. The molecule has 0 aromatic heterocycles. The van der Waals surface area contributed by atoms with Gasteiger partial charge in [-0.1, -0.05) is 0 Å². The van der Waals surface area contributed by atoms with Crippen LogP contribution in [0.1, 0.15) is 19.3 Å². The van der Waals surface area contributed by atoms with E-state index in [1.54, 1.807) is 7.11 Å². The van der Waals surface area contributed by atoms with Gasteiger partial charge in [-0.05, 0) is 38.9 Å². The quantitative estimate of drug-likeness (QED) is 0.621. The summed E-state index contributed by atoms with van der Waals surface area (Å²) < 4.78 is 10.4. The summed E-state index contributed by atoms with van der Waals surface area (Å²) in [6.07, 6.45) is 3.91. The number of likely N-dealkylation sites (tertiary alicyclic amines) is 1. The van der Waals surface area contributed by atoms with E-state index in [2.05, 4.69) is 15.1 Å². The number of methoxy groups -OCH3 is 1. The Bertz CT molecular complexity index is 247. The molecular formula is C15H31N3O2. The first-order valence-electron chi connectivity index (χ1n) is 8.14. The molecule has 0 spiro atoms. The summed E-state index contributed by atoms with van der Waals surface area (Å²) in [5.41, 5.74) is 0. The third kappa shape index (κ3) is 5.66. The summed E-state index contributed by atoms with van der Waals surface area (Å²) in [6, 6.07) is 0.777. The van der Waals surface area contributed by atoms with Gasteiger partial charge in [-0.2, -0.15) is 0 Å². The predicted molar refractivity (Wildman–Crippen MR) is 81.2 cm³/mol. The Hall–Kier alpha value is -0.200. The van der Waals surface area contributed by atoms with Gasteiger partial charge in [0.1, 0.15) is 0 Å². The van der Waals surface area contributed by atoms with E-state index in [1.807, 2.05) is 0 Å². The average molecular weight is 285 g/mol. The largest absolute Gasteiger partial charge is 0.383 e. The third-order valence-electron chi connectivity index (χ3n) is 4.37. The van der Waals surface area contributed by atoms with Gasteiger partial charge in [0.2, 0.25) is 0 Å². The number of hydrogen-bond donors (Lipinski definition) is 1. The smallest absolute Gasteiger partial charge is 0.0594 e. The first-order valence-corrected chi connectivity index (χ1v) is 8.14. The van der Waals surface area contributed by atoms with Crippen molar-refractivity contribution in [2.24, 2.45) is 0 Å². The summed E-state index contributed by atoms with van der Waals surface area (Å²) >= 11 is 0. The first kappa shape index (κ1) is 16.2. The Labute approximate surface area is 123 Å². The van der Waals surface area contributed by atoms with Gasteiger partial charge >= 0.3 is 0 Å². The fourth-order valence-electron chi connectivity index (χ4n) is 3.14. The lowest BCUT2D eigenvalue weighted by atomic mass is 10.2. The highest BCUT2D eigenvalue weighted by Gasteiger charge is 2.28. The molecule has 0 bridgehead atoms. The van der Waals surface area contributed by atoms with E-state index < -0.39 is 0 Å². The van der Waals surface area contributed by atoms with Crippen LogP contribution < -0.4 is 5.32 Å². The fourth-order valence-corrected chi connectivity index (χ4v) is 3.14. The van der Waals surface area contributed by atoms with Crippen LogP contribution in [-0.4, -0.2) is 88.6 Å². The van der Waals surface area contributed by atoms with Gasteiger partial charge in [-0.25, -0.2) is 0 Å². The molecule has 0 aromatic carbocycles. The minimum Gasteiger partial charge on any atom is -0.383 e. The van der Waals surface area contributed by atoms with Crippen LogP contribution in [0.3, 0.4) is 0 Å². The number of unbranched alkanes of at least 4 members (excludes halogenated alkanes) is 1. The van der Waals surface area contributed by atoms with Gasteiger partial charge in [0.15, 0.2) is 0 Å². The van der Waals surface area contributed by atoms with E-state index in [0.717, 1.165) is 52.0 Å². The Balaban J connectivity index is 1.48. The highest BCUT2D eigenvalue weighted by molar-refractivity contribution is 4.84. The molecule has 0 amide bonds. The molecule has 0 saturated carbocycles. The molecule has 2 fully saturated rings. The molecule has 0 aromatic rings. The summed E-state index contributed by atoms with van der Waals surface area (Å²) in [5, 5.41) is 3.41. The minimum absolute atomic E-state index is 0.777. The standard InChI is InChI=1S/C15H31N3O2/c1-19-11-6-16-5-2-3-7-17-8-4-15(14-17)18-9-12-20-13-10-18/h15-16H,2-14H2,1H3. The minimum atomic E-state index is 0.777. The van der Waals surface area contributed by atoms with Crippen molar-refractivity contribution in [3.8, 4) is 0 Å². The zero-order valence-electron chi connectivity index (χ0n) is 13.0. The van der Waals surface area contributed by atoms with Crippen molar-refractivity contribution in [2.45, 2.75) is 25.3 Å². The van der Waals surface area contributed by atoms with Gasteiger partial charge in [-0.3, -0.25) is 4.90 Å². The van der Waals surface area contributed by atoms with Gasteiger partial charge in [0, 0.05) is 39.3 Å². The van der Waals surface area contributed by atoms with E-state index in [-0.39, 0.29) is 0 Å². The van der Waals surface area contributed by atoms with Gasteiger partial charge in [-0.15, -0.1) is 0 Å². The van der Waals surface area contributed by atoms with E-state index in [1.165, 1.54) is 38.9 Å².